The highest BCUT2D eigenvalue weighted by atomic mass is 16.3. The summed E-state index contributed by atoms with van der Waals surface area (Å²) in [5.41, 5.74) is 1.17. The topological polar surface area (TPSA) is 60.9 Å². The van der Waals surface area contributed by atoms with E-state index in [2.05, 4.69) is 4.90 Å². The van der Waals surface area contributed by atoms with Crippen LogP contribution in [0, 0.1) is 0 Å². The molecule has 1 amide bonds. The van der Waals surface area contributed by atoms with Crippen LogP contribution >= 0.6 is 0 Å². The van der Waals surface area contributed by atoms with Gasteiger partial charge in [0.05, 0.1) is 6.10 Å². The van der Waals surface area contributed by atoms with Gasteiger partial charge in [0.15, 0.2) is 5.78 Å². The van der Waals surface area contributed by atoms with Crippen LogP contribution in [0.3, 0.4) is 0 Å². The van der Waals surface area contributed by atoms with Crippen molar-refractivity contribution in [3.05, 3.63) is 35.4 Å². The van der Waals surface area contributed by atoms with Gasteiger partial charge in [-0.1, -0.05) is 12.1 Å². The Labute approximate surface area is 143 Å². The second kappa shape index (κ2) is 7.45. The van der Waals surface area contributed by atoms with Gasteiger partial charge in [0.2, 0.25) is 0 Å². The van der Waals surface area contributed by atoms with E-state index in [0.29, 0.717) is 17.2 Å². The van der Waals surface area contributed by atoms with Crippen molar-refractivity contribution < 1.29 is 14.7 Å². The number of hydrogen-bond donors (Lipinski definition) is 1. The van der Waals surface area contributed by atoms with E-state index < -0.39 is 0 Å². The molecule has 1 atom stereocenters. The third-order valence-electron chi connectivity index (χ3n) is 5.21. The quantitative estimate of drug-likeness (QED) is 0.861. The van der Waals surface area contributed by atoms with Crippen LogP contribution in [0.1, 0.15) is 53.3 Å². The van der Waals surface area contributed by atoms with Crippen molar-refractivity contribution in [3.8, 4) is 0 Å². The van der Waals surface area contributed by atoms with Crippen molar-refractivity contribution in [2.75, 3.05) is 26.2 Å². The van der Waals surface area contributed by atoms with Crippen molar-refractivity contribution >= 4 is 11.7 Å². The number of benzene rings is 1. The Morgan fingerprint density at radius 2 is 1.79 bits per heavy atom. The molecule has 2 saturated heterocycles. The summed E-state index contributed by atoms with van der Waals surface area (Å²) < 4.78 is 0. The molecule has 5 heteroatoms. The summed E-state index contributed by atoms with van der Waals surface area (Å²) in [5.74, 6) is -0.0118. The molecule has 0 spiro atoms. The maximum Gasteiger partial charge on any atom is 0.253 e. The van der Waals surface area contributed by atoms with E-state index in [9.17, 15) is 14.7 Å². The largest absolute Gasteiger partial charge is 0.392 e. The predicted octanol–water partition coefficient (Wildman–Crippen LogP) is 1.95. The van der Waals surface area contributed by atoms with Gasteiger partial charge in [0.1, 0.15) is 0 Å². The number of amides is 1. The number of β-amino-alcohol motifs (C(OH)–C–C–N with tert-alkyl or cyclic N) is 1. The number of Topliss-reactive ketones (excluding diaryl/α,β-unsaturated/α-hetero) is 1. The molecule has 1 aromatic carbocycles. The van der Waals surface area contributed by atoms with Crippen molar-refractivity contribution in [1.82, 2.24) is 9.80 Å². The zero-order valence-corrected chi connectivity index (χ0v) is 14.3. The van der Waals surface area contributed by atoms with Crippen LogP contribution < -0.4 is 0 Å². The maximum atomic E-state index is 12.7. The summed E-state index contributed by atoms with van der Waals surface area (Å²) >= 11 is 0. The summed E-state index contributed by atoms with van der Waals surface area (Å²) in [4.78, 5) is 28.4. The number of nitrogens with zero attached hydrogens (tertiary/aromatic N) is 2. The van der Waals surface area contributed by atoms with Crippen LogP contribution in [0.5, 0.6) is 0 Å². The molecule has 0 unspecified atom stereocenters. The Bertz CT molecular complexity index is 608. The molecule has 2 aliphatic rings. The van der Waals surface area contributed by atoms with Gasteiger partial charge < -0.3 is 10.0 Å². The van der Waals surface area contributed by atoms with Gasteiger partial charge in [-0.15, -0.1) is 0 Å². The van der Waals surface area contributed by atoms with Crippen molar-refractivity contribution in [2.24, 2.45) is 0 Å². The molecule has 2 aliphatic heterocycles. The Kier molecular flexibility index (Phi) is 5.31. The van der Waals surface area contributed by atoms with Gasteiger partial charge in [-0.2, -0.15) is 0 Å². The number of carbonyl (C=O) groups is 2. The molecule has 1 aromatic rings. The molecular formula is C19H26N2O3. The first-order valence-corrected chi connectivity index (χ1v) is 8.87. The SMILES string of the molecule is CC(=O)c1cccc(C(=O)N2CCC(N3CCC[C@H](O)C3)CC2)c1. The number of rotatable bonds is 3. The summed E-state index contributed by atoms with van der Waals surface area (Å²) in [5, 5.41) is 9.84. The van der Waals surface area contributed by atoms with Crippen molar-refractivity contribution in [3.63, 3.8) is 0 Å². The molecule has 2 heterocycles. The van der Waals surface area contributed by atoms with E-state index in [1.54, 1.807) is 24.3 Å². The highest BCUT2D eigenvalue weighted by Crippen LogP contribution is 2.22. The summed E-state index contributed by atoms with van der Waals surface area (Å²) in [6.45, 7) is 4.80. The molecule has 0 bridgehead atoms. The Hall–Kier alpha value is -1.72. The van der Waals surface area contributed by atoms with E-state index >= 15 is 0 Å². The van der Waals surface area contributed by atoms with Crippen LogP contribution in [0.4, 0.5) is 0 Å². The highest BCUT2D eigenvalue weighted by Gasteiger charge is 2.30. The third kappa shape index (κ3) is 3.84. The third-order valence-corrected chi connectivity index (χ3v) is 5.21. The lowest BCUT2D eigenvalue weighted by atomic mass is 9.98. The normalized spacial score (nSPS) is 23.2. The summed E-state index contributed by atoms with van der Waals surface area (Å²) in [6.07, 6.45) is 3.65. The lowest BCUT2D eigenvalue weighted by Crippen LogP contribution is -2.50. The van der Waals surface area contributed by atoms with E-state index in [0.717, 1.165) is 51.9 Å². The fraction of sp³-hybridized carbons (Fsp3) is 0.579. The fourth-order valence-electron chi connectivity index (χ4n) is 3.80. The molecule has 0 radical (unpaired) electrons. The average molecular weight is 330 g/mol. The Morgan fingerprint density at radius 1 is 1.08 bits per heavy atom. The number of carbonyl (C=O) groups excluding carboxylic acids is 2. The first kappa shape index (κ1) is 17.1. The first-order valence-electron chi connectivity index (χ1n) is 8.87. The fourth-order valence-corrected chi connectivity index (χ4v) is 3.80. The summed E-state index contributed by atoms with van der Waals surface area (Å²) in [7, 11) is 0. The van der Waals surface area contributed by atoms with Gasteiger partial charge in [-0.3, -0.25) is 14.5 Å². The average Bonchev–Trinajstić information content (AvgIpc) is 2.61. The lowest BCUT2D eigenvalue weighted by Gasteiger charge is -2.41. The molecule has 24 heavy (non-hydrogen) atoms. The monoisotopic (exact) mass is 330 g/mol. The number of hydrogen-bond acceptors (Lipinski definition) is 4. The number of aliphatic hydroxyl groups excluding tert-OH is 1. The van der Waals surface area contributed by atoms with E-state index in [-0.39, 0.29) is 17.8 Å². The van der Waals surface area contributed by atoms with Crippen LogP contribution in [0.2, 0.25) is 0 Å². The van der Waals surface area contributed by atoms with Gasteiger partial charge in [0, 0.05) is 36.8 Å². The number of aliphatic hydroxyl groups is 1. The molecule has 0 aliphatic carbocycles. The minimum absolute atomic E-state index is 0.00947. The van der Waals surface area contributed by atoms with Gasteiger partial charge in [-0.25, -0.2) is 0 Å². The Morgan fingerprint density at radius 3 is 2.46 bits per heavy atom. The van der Waals surface area contributed by atoms with Crippen molar-refractivity contribution in [1.29, 1.82) is 0 Å². The number of likely N-dealkylation sites (tertiary alicyclic amines) is 2. The van der Waals surface area contributed by atoms with E-state index in [4.69, 9.17) is 0 Å². The van der Waals surface area contributed by atoms with Gasteiger partial charge >= 0.3 is 0 Å². The van der Waals surface area contributed by atoms with Crippen molar-refractivity contribution in [2.45, 2.75) is 44.8 Å². The van der Waals surface area contributed by atoms with Gasteiger partial charge in [0.25, 0.3) is 5.91 Å². The number of piperidine rings is 2. The minimum Gasteiger partial charge on any atom is -0.392 e. The van der Waals surface area contributed by atoms with Crippen LogP contribution in [-0.2, 0) is 0 Å². The van der Waals surface area contributed by atoms with Crippen LogP contribution in [0.15, 0.2) is 24.3 Å². The van der Waals surface area contributed by atoms with Crippen LogP contribution in [0.25, 0.3) is 0 Å². The smallest absolute Gasteiger partial charge is 0.253 e. The highest BCUT2D eigenvalue weighted by molar-refractivity contribution is 5.99. The van der Waals surface area contributed by atoms with Crippen LogP contribution in [-0.4, -0.2) is 64.9 Å². The number of ketones is 1. The summed E-state index contributed by atoms with van der Waals surface area (Å²) in [6, 6.07) is 7.45. The lowest BCUT2D eigenvalue weighted by molar-refractivity contribution is 0.0241. The molecule has 5 nitrogen and oxygen atoms in total. The second-order valence-corrected chi connectivity index (χ2v) is 6.95. The predicted molar refractivity (Wildman–Crippen MR) is 92.2 cm³/mol. The molecule has 3 rings (SSSR count). The molecule has 0 aromatic heterocycles. The second-order valence-electron chi connectivity index (χ2n) is 6.95. The zero-order valence-electron chi connectivity index (χ0n) is 14.3. The van der Waals surface area contributed by atoms with Gasteiger partial charge in [-0.05, 0) is 51.3 Å². The maximum absolute atomic E-state index is 12.7. The zero-order chi connectivity index (χ0) is 17.1. The molecule has 1 N–H and O–H groups in total. The van der Waals surface area contributed by atoms with E-state index in [1.165, 1.54) is 6.92 Å². The molecule has 2 fully saturated rings. The Balaban J connectivity index is 1.59. The molecule has 0 saturated carbocycles. The molecular weight excluding hydrogens is 304 g/mol. The van der Waals surface area contributed by atoms with E-state index in [1.807, 2.05) is 4.90 Å². The standard InChI is InChI=1S/C19H26N2O3/c1-14(22)15-4-2-5-16(12-15)19(24)20-10-7-17(8-11-20)21-9-3-6-18(23)13-21/h2,4-5,12,17-18,23H,3,6-11,13H2,1H3/t18-/m0/s1. The minimum atomic E-state index is -0.201. The first-order chi connectivity index (χ1) is 11.5. The molecule has 130 valence electrons.